The summed E-state index contributed by atoms with van der Waals surface area (Å²) < 4.78 is 118. The highest BCUT2D eigenvalue weighted by molar-refractivity contribution is 7.94. The van der Waals surface area contributed by atoms with Crippen molar-refractivity contribution in [2.75, 3.05) is 31.4 Å². The molecule has 0 fully saturated rings. The van der Waals surface area contributed by atoms with Gasteiger partial charge in [0, 0.05) is 22.9 Å². The zero-order valence-electron chi connectivity index (χ0n) is 34.5. The van der Waals surface area contributed by atoms with Crippen LogP contribution in [0.15, 0.2) is 128 Å². The first-order valence-electron chi connectivity index (χ1n) is 18.7. The molecule has 0 aliphatic carbocycles. The van der Waals surface area contributed by atoms with Crippen LogP contribution < -0.4 is 14.5 Å². The summed E-state index contributed by atoms with van der Waals surface area (Å²) in [6.07, 6.45) is 0. The molecule has 0 bridgehead atoms. The van der Waals surface area contributed by atoms with E-state index in [0.717, 1.165) is 54.6 Å². The number of aromatic hydroxyl groups is 1. The van der Waals surface area contributed by atoms with Gasteiger partial charge in [0.25, 0.3) is 36.3 Å². The Balaban J connectivity index is 1.44. The van der Waals surface area contributed by atoms with E-state index in [9.17, 15) is 68.9 Å². The highest BCUT2D eigenvalue weighted by atomic mass is 32.2. The number of nitrogens with zero attached hydrogens (tertiary/aromatic N) is 8. The third-order valence-corrected chi connectivity index (χ3v) is 12.3. The molecule has 1 atom stereocenters. The summed E-state index contributed by atoms with van der Waals surface area (Å²) in [4.78, 5) is 22.9. The van der Waals surface area contributed by atoms with E-state index in [0.29, 0.717) is 10.6 Å². The predicted molar refractivity (Wildman–Crippen MR) is 234 cm³/mol. The second kappa shape index (κ2) is 21.1. The number of azo groups is 3. The van der Waals surface area contributed by atoms with Crippen molar-refractivity contribution in [1.29, 1.82) is 0 Å². The van der Waals surface area contributed by atoms with E-state index in [1.165, 1.54) is 18.2 Å². The summed E-state index contributed by atoms with van der Waals surface area (Å²) in [5.41, 5.74) is -2.54. The molecule has 1 heterocycles. The van der Waals surface area contributed by atoms with Crippen molar-refractivity contribution in [3.8, 4) is 17.2 Å². The normalized spacial score (nSPS) is 14.7. The Morgan fingerprint density at radius 2 is 1.33 bits per heavy atom. The molecule has 1 aliphatic rings. The Morgan fingerprint density at radius 3 is 1.88 bits per heavy atom. The van der Waals surface area contributed by atoms with Crippen LogP contribution >= 0.6 is 12.0 Å². The largest absolute Gasteiger partial charge is 0.505 e. The van der Waals surface area contributed by atoms with Crippen LogP contribution in [0, 0.1) is 6.92 Å². The second-order valence-electron chi connectivity index (χ2n) is 13.6. The van der Waals surface area contributed by atoms with Crippen molar-refractivity contribution < 1.29 is 93.0 Å². The molecule has 364 valence electrons. The predicted octanol–water partition coefficient (Wildman–Crippen LogP) is 5.53. The molecule has 0 saturated carbocycles. The molecular formula is C37H32N8O20S4. The van der Waals surface area contributed by atoms with Gasteiger partial charge in [-0.05, 0) is 67.1 Å². The fourth-order valence-electron chi connectivity index (χ4n) is 6.08. The number of aliphatic carboxylic acids is 1. The highest BCUT2D eigenvalue weighted by Crippen LogP contribution is 2.48. The molecule has 0 saturated heterocycles. The fourth-order valence-corrected chi connectivity index (χ4v) is 8.57. The number of hydrazone groups is 1. The molecule has 32 heteroatoms. The van der Waals surface area contributed by atoms with Crippen LogP contribution in [0.2, 0.25) is 0 Å². The lowest BCUT2D eigenvalue weighted by Gasteiger charge is -2.14. The van der Waals surface area contributed by atoms with Crippen LogP contribution in [0.3, 0.4) is 0 Å². The molecule has 1 amide bonds. The number of rotatable bonds is 20. The number of carboxylic acid groups (broad SMARTS) is 1. The number of carbonyl (C=O) groups excluding carboxylic acids is 1. The van der Waals surface area contributed by atoms with Crippen LogP contribution in [0.25, 0.3) is 10.8 Å². The van der Waals surface area contributed by atoms with Crippen molar-refractivity contribution in [3.63, 3.8) is 0 Å². The molecule has 0 radical (unpaired) electrons. The number of aliphatic hydroxyl groups is 2. The maximum atomic E-state index is 13.4. The summed E-state index contributed by atoms with van der Waals surface area (Å²) in [5, 5.41) is 80.0. The Kier molecular flexibility index (Phi) is 15.8. The van der Waals surface area contributed by atoms with Crippen molar-refractivity contribution >= 4 is 105 Å². The number of phenolic OH excluding ortho intramolecular Hbond substituents is 1. The summed E-state index contributed by atoms with van der Waals surface area (Å²) in [7, 11) is -14.8. The van der Waals surface area contributed by atoms with Crippen LogP contribution in [0.4, 0.5) is 34.1 Å². The second-order valence-corrected chi connectivity index (χ2v) is 18.5. The number of aliphatic hydroxyl groups excluding tert-OH is 2. The van der Waals surface area contributed by atoms with Gasteiger partial charge in [-0.1, -0.05) is 11.1 Å². The molecule has 5 aromatic rings. The lowest BCUT2D eigenvalue weighted by atomic mass is 10.1. The Hall–Kier alpha value is -6.95. The number of aryl methyl sites for hydroxylation is 1. The third kappa shape index (κ3) is 11.8. The monoisotopic (exact) mass is 1040 g/mol. The van der Waals surface area contributed by atoms with Crippen LogP contribution in [0.1, 0.15) is 5.56 Å². The minimum atomic E-state index is -5.40. The number of carboxylic acids is 1. The van der Waals surface area contributed by atoms with Gasteiger partial charge in [0.1, 0.15) is 62.9 Å². The van der Waals surface area contributed by atoms with Crippen LogP contribution in [-0.2, 0) is 49.3 Å². The lowest BCUT2D eigenvalue weighted by molar-refractivity contribution is -0.432. The first-order valence-corrected chi connectivity index (χ1v) is 23.8. The van der Waals surface area contributed by atoms with E-state index in [-0.39, 0.29) is 64.9 Å². The minimum Gasteiger partial charge on any atom is -0.505 e. The smallest absolute Gasteiger partial charge is 0.355 e. The molecule has 1 aliphatic heterocycles. The zero-order chi connectivity index (χ0) is 50.4. The van der Waals surface area contributed by atoms with Crippen molar-refractivity contribution in [3.05, 3.63) is 78.4 Å². The topological polar surface area (TPSA) is 425 Å². The summed E-state index contributed by atoms with van der Waals surface area (Å²) in [5.74, 6) is -4.17. The number of ether oxygens (including phenoxy) is 2. The van der Waals surface area contributed by atoms with Crippen molar-refractivity contribution in [1.82, 2.24) is 0 Å². The molecule has 1 unspecified atom stereocenters. The van der Waals surface area contributed by atoms with E-state index in [2.05, 4.69) is 45.2 Å². The molecule has 69 heavy (non-hydrogen) atoms. The number of benzene rings is 5. The Bertz CT molecular complexity index is 3320. The van der Waals surface area contributed by atoms with Gasteiger partial charge in [-0.2, -0.15) is 45.6 Å². The van der Waals surface area contributed by atoms with Crippen molar-refractivity contribution in [2.24, 2.45) is 35.8 Å². The summed E-state index contributed by atoms with van der Waals surface area (Å²) >= 11 is 0.117. The molecule has 0 aromatic heterocycles. The first-order chi connectivity index (χ1) is 32.6. The van der Waals surface area contributed by atoms with Crippen molar-refractivity contribution in [2.45, 2.75) is 32.5 Å². The maximum absolute atomic E-state index is 13.4. The Labute approximate surface area is 391 Å². The standard InChI is InChI=1S/C37H32N8O20S4/c1-18-2-8-23(30(14-18)68(56,57)58)38-40-25-16-28(63-13-11-47)26(17-27(25)62-12-10-46)41-42-31-29(66-65-64-52)15-22-21(34(31)48)7-9-24(35(22)69(59,60)61)39-43-32-33(37(50)51)44-45(36(32)49)19-3-5-20(6-4-19)67(53,54)55/h2-9,14-17,32,46-48,52H,10-13H2,1H3,(H,50,51)(H,53,54,55)(H,56,57,58)(H,59,60,61). The molecule has 5 aromatic carbocycles. The average molecular weight is 1040 g/mol. The minimum absolute atomic E-state index is 0.117. The van der Waals surface area contributed by atoms with Gasteiger partial charge in [-0.15, -0.1) is 24.8 Å². The first kappa shape index (κ1) is 51.4. The van der Waals surface area contributed by atoms with Gasteiger partial charge >= 0.3 is 5.97 Å². The zero-order valence-corrected chi connectivity index (χ0v) is 37.8. The van der Waals surface area contributed by atoms with Gasteiger partial charge in [0.15, 0.2) is 11.5 Å². The number of anilines is 1. The third-order valence-electron chi connectivity index (χ3n) is 9.02. The van der Waals surface area contributed by atoms with E-state index < -0.39 is 109 Å². The van der Waals surface area contributed by atoms with Crippen LogP contribution in [0.5, 0.6) is 17.2 Å². The highest BCUT2D eigenvalue weighted by Gasteiger charge is 2.41. The molecule has 6 rings (SSSR count). The van der Waals surface area contributed by atoms with Gasteiger partial charge in [-0.3, -0.25) is 18.5 Å². The lowest BCUT2D eigenvalue weighted by Crippen LogP contribution is -2.33. The van der Waals surface area contributed by atoms with E-state index in [1.807, 2.05) is 0 Å². The SMILES string of the molecule is Cc1ccc(N=Nc2cc(OCCO)c(N=Nc3c(SOOO)cc4c(S(=O)(=O)O)c(N=NC5C(=O)N(c6ccc(S(=O)(=O)O)cc6)N=C5C(=O)O)ccc4c3O)cc2OCCO)c(S(=O)(=O)O)c1. The van der Waals surface area contributed by atoms with Crippen LogP contribution in [-0.4, -0.2) is 115 Å². The van der Waals surface area contributed by atoms with Gasteiger partial charge < -0.3 is 29.9 Å². The molecule has 0 spiro atoms. The molecule has 28 nitrogen and oxygen atoms in total. The van der Waals surface area contributed by atoms with Gasteiger partial charge in [-0.25, -0.2) is 10.1 Å². The maximum Gasteiger partial charge on any atom is 0.355 e. The average Bonchev–Trinajstić information content (AvgIpc) is 3.62. The van der Waals surface area contributed by atoms with E-state index >= 15 is 0 Å². The number of phenols is 1. The molecule has 8 N–H and O–H groups in total. The number of amides is 1. The summed E-state index contributed by atoms with van der Waals surface area (Å²) in [6, 6.07) is 10.9. The number of hydrogen-bond donors (Lipinski definition) is 8. The Morgan fingerprint density at radius 1 is 0.739 bits per heavy atom. The van der Waals surface area contributed by atoms with E-state index in [4.69, 9.17) is 14.7 Å². The number of hydrogen-bond acceptors (Lipinski definition) is 24. The number of fused-ring (bicyclic) bond motifs is 1. The van der Waals surface area contributed by atoms with Gasteiger partial charge in [0.05, 0.1) is 40.7 Å². The quantitative estimate of drug-likeness (QED) is 0.0156. The molecular weight excluding hydrogens is 1000 g/mol. The number of carbonyl (C=O) groups is 2. The van der Waals surface area contributed by atoms with Gasteiger partial charge in [0.2, 0.25) is 6.04 Å². The van der Waals surface area contributed by atoms with E-state index in [1.54, 1.807) is 6.92 Å². The summed E-state index contributed by atoms with van der Waals surface area (Å²) in [6.45, 7) is -0.157. The fraction of sp³-hybridized carbons (Fsp3) is 0.162.